The Morgan fingerprint density at radius 1 is 1.20 bits per heavy atom. The van der Waals surface area contributed by atoms with Crippen molar-refractivity contribution < 1.29 is 4.79 Å². The highest BCUT2D eigenvalue weighted by atomic mass is 32.1. The van der Waals surface area contributed by atoms with Crippen molar-refractivity contribution in [1.82, 2.24) is 14.9 Å². The van der Waals surface area contributed by atoms with Crippen molar-refractivity contribution in [3.8, 4) is 0 Å². The molecule has 100 valence electrons. The monoisotopic (exact) mass is 283 g/mol. The van der Waals surface area contributed by atoms with Crippen LogP contribution in [0.1, 0.15) is 16.5 Å². The molecule has 0 bridgehead atoms. The van der Waals surface area contributed by atoms with Gasteiger partial charge in [0.1, 0.15) is 6.33 Å². The molecule has 0 aliphatic carbocycles. The number of thiophene rings is 1. The van der Waals surface area contributed by atoms with Crippen molar-refractivity contribution in [2.45, 2.75) is 6.04 Å². The zero-order valence-electron chi connectivity index (χ0n) is 10.6. The summed E-state index contributed by atoms with van der Waals surface area (Å²) in [5.41, 5.74) is 1.06. The predicted molar refractivity (Wildman–Crippen MR) is 78.8 cm³/mol. The number of nitrogens with one attached hydrogen (secondary N) is 1. The van der Waals surface area contributed by atoms with E-state index >= 15 is 0 Å². The van der Waals surface area contributed by atoms with E-state index in [1.54, 1.807) is 23.7 Å². The van der Waals surface area contributed by atoms with Crippen LogP contribution < -0.4 is 5.32 Å². The van der Waals surface area contributed by atoms with Gasteiger partial charge in [0, 0.05) is 17.3 Å². The van der Waals surface area contributed by atoms with Crippen LogP contribution in [0.15, 0.2) is 66.6 Å². The highest BCUT2D eigenvalue weighted by Crippen LogP contribution is 2.25. The summed E-state index contributed by atoms with van der Waals surface area (Å²) in [7, 11) is 0. The van der Waals surface area contributed by atoms with Crippen LogP contribution in [0.3, 0.4) is 0 Å². The van der Waals surface area contributed by atoms with Crippen LogP contribution in [0.25, 0.3) is 0 Å². The van der Waals surface area contributed by atoms with Crippen molar-refractivity contribution in [3.05, 3.63) is 77.0 Å². The fourth-order valence-corrected chi connectivity index (χ4v) is 2.80. The molecular weight excluding hydrogens is 270 g/mol. The molecule has 5 heteroatoms. The molecule has 20 heavy (non-hydrogen) atoms. The molecule has 1 atom stereocenters. The van der Waals surface area contributed by atoms with Gasteiger partial charge in [-0.05, 0) is 17.0 Å². The predicted octanol–water partition coefficient (Wildman–Crippen LogP) is 3.29. The molecule has 0 spiro atoms. The zero-order valence-corrected chi connectivity index (χ0v) is 11.5. The maximum atomic E-state index is 12.2. The average Bonchev–Trinajstić information content (AvgIpc) is 3.18. The van der Waals surface area contributed by atoms with Crippen LogP contribution in [0.4, 0.5) is 4.79 Å². The van der Waals surface area contributed by atoms with Gasteiger partial charge in [0.25, 0.3) is 0 Å². The van der Waals surface area contributed by atoms with E-state index in [0.717, 1.165) is 10.4 Å². The molecule has 3 rings (SSSR count). The van der Waals surface area contributed by atoms with E-state index in [-0.39, 0.29) is 12.1 Å². The Labute approximate surface area is 120 Å². The molecule has 1 amide bonds. The van der Waals surface area contributed by atoms with Gasteiger partial charge >= 0.3 is 6.03 Å². The number of hydrogen-bond acceptors (Lipinski definition) is 3. The summed E-state index contributed by atoms with van der Waals surface area (Å²) in [6.45, 7) is 0. The Hall–Kier alpha value is -2.40. The topological polar surface area (TPSA) is 46.9 Å². The first-order valence-corrected chi connectivity index (χ1v) is 7.10. The molecular formula is C15H13N3OS. The second kappa shape index (κ2) is 5.71. The highest BCUT2D eigenvalue weighted by molar-refractivity contribution is 7.10. The Morgan fingerprint density at radius 2 is 2.05 bits per heavy atom. The van der Waals surface area contributed by atoms with E-state index in [1.807, 2.05) is 47.8 Å². The van der Waals surface area contributed by atoms with Crippen LogP contribution in [0.2, 0.25) is 0 Å². The molecule has 4 nitrogen and oxygen atoms in total. The van der Waals surface area contributed by atoms with Crippen molar-refractivity contribution in [3.63, 3.8) is 0 Å². The maximum Gasteiger partial charge on any atom is 0.327 e. The number of amides is 1. The fraction of sp³-hybridized carbons (Fsp3) is 0.0667. The first-order chi connectivity index (χ1) is 9.84. The smallest absolute Gasteiger partial charge is 0.326 e. The molecule has 0 fully saturated rings. The van der Waals surface area contributed by atoms with Crippen LogP contribution in [0.5, 0.6) is 0 Å². The molecule has 1 aromatic carbocycles. The summed E-state index contributed by atoms with van der Waals surface area (Å²) in [5.74, 6) is 0. The number of hydrogen-bond donors (Lipinski definition) is 1. The summed E-state index contributed by atoms with van der Waals surface area (Å²) in [6, 6.07) is 13.6. The van der Waals surface area contributed by atoms with Gasteiger partial charge < -0.3 is 5.32 Å². The number of carbonyl (C=O) groups is 1. The molecule has 0 aliphatic rings. The van der Waals surface area contributed by atoms with Gasteiger partial charge in [0.15, 0.2) is 0 Å². The standard InChI is InChI=1S/C15H13N3OS/c19-15(18-9-8-16-11-18)17-14(13-7-4-10-20-13)12-5-2-1-3-6-12/h1-11,14H,(H,17,19). The minimum absolute atomic E-state index is 0.147. The van der Waals surface area contributed by atoms with E-state index in [1.165, 1.54) is 10.9 Å². The van der Waals surface area contributed by atoms with Gasteiger partial charge in [-0.1, -0.05) is 36.4 Å². The highest BCUT2D eigenvalue weighted by Gasteiger charge is 2.18. The van der Waals surface area contributed by atoms with Gasteiger partial charge in [-0.3, -0.25) is 4.57 Å². The molecule has 0 saturated heterocycles. The van der Waals surface area contributed by atoms with E-state index in [4.69, 9.17) is 0 Å². The normalized spacial score (nSPS) is 12.0. The quantitative estimate of drug-likeness (QED) is 0.801. The van der Waals surface area contributed by atoms with Gasteiger partial charge in [-0.15, -0.1) is 11.3 Å². The Balaban J connectivity index is 1.89. The Bertz CT molecular complexity index is 662. The zero-order chi connectivity index (χ0) is 13.8. The molecule has 1 N–H and O–H groups in total. The van der Waals surface area contributed by atoms with E-state index in [2.05, 4.69) is 10.3 Å². The number of aromatic nitrogens is 2. The summed E-state index contributed by atoms with van der Waals surface area (Å²) in [6.07, 6.45) is 4.71. The largest absolute Gasteiger partial charge is 0.327 e. The van der Waals surface area contributed by atoms with Crippen molar-refractivity contribution in [2.75, 3.05) is 0 Å². The van der Waals surface area contributed by atoms with Crippen LogP contribution in [-0.2, 0) is 0 Å². The third-order valence-electron chi connectivity index (χ3n) is 2.97. The SMILES string of the molecule is O=C(NC(c1ccccc1)c1cccs1)n1ccnc1. The van der Waals surface area contributed by atoms with E-state index in [0.29, 0.717) is 0 Å². The maximum absolute atomic E-state index is 12.2. The molecule has 2 heterocycles. The second-order valence-corrected chi connectivity index (χ2v) is 5.26. The van der Waals surface area contributed by atoms with Gasteiger partial charge in [-0.2, -0.15) is 0 Å². The third kappa shape index (κ3) is 2.62. The Morgan fingerprint density at radius 3 is 2.70 bits per heavy atom. The summed E-state index contributed by atoms with van der Waals surface area (Å²) >= 11 is 1.63. The molecule has 1 unspecified atom stereocenters. The summed E-state index contributed by atoms with van der Waals surface area (Å²) in [5, 5.41) is 5.04. The number of nitrogens with zero attached hydrogens (tertiary/aromatic N) is 2. The summed E-state index contributed by atoms with van der Waals surface area (Å²) in [4.78, 5) is 17.2. The molecule has 3 aromatic rings. The minimum Gasteiger partial charge on any atom is -0.326 e. The molecule has 0 radical (unpaired) electrons. The number of imidazole rings is 1. The van der Waals surface area contributed by atoms with Gasteiger partial charge in [-0.25, -0.2) is 9.78 Å². The lowest BCUT2D eigenvalue weighted by Crippen LogP contribution is -2.31. The first kappa shape index (κ1) is 12.6. The van der Waals surface area contributed by atoms with Crippen LogP contribution >= 0.6 is 11.3 Å². The lowest BCUT2D eigenvalue weighted by molar-refractivity contribution is 0.240. The van der Waals surface area contributed by atoms with E-state index in [9.17, 15) is 4.79 Å². The minimum atomic E-state index is -0.190. The van der Waals surface area contributed by atoms with Gasteiger partial charge in [0.05, 0.1) is 6.04 Å². The number of benzene rings is 1. The average molecular weight is 283 g/mol. The van der Waals surface area contributed by atoms with Crippen molar-refractivity contribution in [2.24, 2.45) is 0 Å². The number of rotatable bonds is 3. The van der Waals surface area contributed by atoms with Gasteiger partial charge in [0.2, 0.25) is 0 Å². The van der Waals surface area contributed by atoms with Crippen molar-refractivity contribution in [1.29, 1.82) is 0 Å². The lowest BCUT2D eigenvalue weighted by Gasteiger charge is -2.18. The molecule has 2 aromatic heterocycles. The van der Waals surface area contributed by atoms with Crippen LogP contribution in [-0.4, -0.2) is 15.6 Å². The Kier molecular flexibility index (Phi) is 3.60. The second-order valence-electron chi connectivity index (χ2n) is 4.28. The summed E-state index contributed by atoms with van der Waals surface area (Å²) < 4.78 is 1.43. The van der Waals surface area contributed by atoms with Crippen molar-refractivity contribution >= 4 is 17.4 Å². The fourth-order valence-electron chi connectivity index (χ4n) is 2.00. The number of carbonyl (C=O) groups excluding carboxylic acids is 1. The molecule has 0 saturated carbocycles. The lowest BCUT2D eigenvalue weighted by atomic mass is 10.1. The first-order valence-electron chi connectivity index (χ1n) is 6.22. The van der Waals surface area contributed by atoms with Crippen LogP contribution in [0, 0.1) is 0 Å². The molecule has 0 aliphatic heterocycles. The third-order valence-corrected chi connectivity index (χ3v) is 3.90. The van der Waals surface area contributed by atoms with E-state index < -0.39 is 0 Å².